The van der Waals surface area contributed by atoms with Gasteiger partial charge in [-0.15, -0.1) is 11.8 Å². The quantitative estimate of drug-likeness (QED) is 0.701. The number of aromatic nitrogens is 3. The monoisotopic (exact) mass is 368 g/mol. The number of carbonyl (C=O) groups is 1. The molecule has 1 aromatic carbocycles. The molecular weight excluding hydrogens is 348 g/mol. The van der Waals surface area contributed by atoms with Gasteiger partial charge in [-0.3, -0.25) is 9.78 Å². The van der Waals surface area contributed by atoms with Gasteiger partial charge in [0.25, 0.3) is 0 Å². The third-order valence-electron chi connectivity index (χ3n) is 4.46. The molecule has 2 aromatic heterocycles. The van der Waals surface area contributed by atoms with Crippen LogP contribution in [0.25, 0.3) is 10.9 Å². The highest BCUT2D eigenvalue weighted by Gasteiger charge is 2.25. The van der Waals surface area contributed by atoms with Gasteiger partial charge in [0.05, 0.1) is 18.5 Å². The number of amides is 1. The maximum atomic E-state index is 12.6. The number of nitrogens with zero attached hydrogens (tertiary/aromatic N) is 3. The van der Waals surface area contributed by atoms with Crippen LogP contribution in [0.2, 0.25) is 0 Å². The number of benzene rings is 1. The zero-order chi connectivity index (χ0) is 17.8. The second kappa shape index (κ2) is 7.78. The highest BCUT2D eigenvalue weighted by molar-refractivity contribution is 8.00. The molecule has 0 radical (unpaired) electrons. The van der Waals surface area contributed by atoms with E-state index in [-0.39, 0.29) is 12.0 Å². The molecule has 7 heteroatoms. The number of thioether (sulfide) groups is 1. The number of para-hydroxylation sites is 1. The molecule has 1 fully saturated rings. The van der Waals surface area contributed by atoms with E-state index in [9.17, 15) is 4.79 Å². The summed E-state index contributed by atoms with van der Waals surface area (Å²) >= 11 is 1.58. The Morgan fingerprint density at radius 1 is 1.35 bits per heavy atom. The van der Waals surface area contributed by atoms with Crippen LogP contribution in [0.15, 0.2) is 53.9 Å². The maximum Gasteiger partial charge on any atom is 0.233 e. The number of nitrogens with one attached hydrogen (secondary N) is 1. The van der Waals surface area contributed by atoms with Crippen LogP contribution in [0.5, 0.6) is 5.88 Å². The number of rotatable bonds is 5. The summed E-state index contributed by atoms with van der Waals surface area (Å²) in [6.07, 6.45) is 8.64. The van der Waals surface area contributed by atoms with Crippen molar-refractivity contribution in [2.24, 2.45) is 0 Å². The predicted octanol–water partition coefficient (Wildman–Crippen LogP) is 3.12. The van der Waals surface area contributed by atoms with Crippen molar-refractivity contribution in [3.05, 3.63) is 49.1 Å². The van der Waals surface area contributed by atoms with Gasteiger partial charge in [0.2, 0.25) is 11.8 Å². The van der Waals surface area contributed by atoms with Gasteiger partial charge in [-0.2, -0.15) is 0 Å². The van der Waals surface area contributed by atoms with Crippen LogP contribution in [0.1, 0.15) is 12.8 Å². The Kier molecular flexibility index (Phi) is 5.06. The lowest BCUT2D eigenvalue weighted by atomic mass is 10.1. The molecule has 3 heterocycles. The molecule has 1 saturated heterocycles. The standard InChI is InChI=1S/C19H20N4O2S/c24-19(13-26-17-10-22-16-6-2-1-5-15(16)17)23-9-3-4-14(12-23)25-18-11-20-7-8-21-18/h1-2,5-8,10-11,14,22H,3-4,9,12-13H2. The highest BCUT2D eigenvalue weighted by Crippen LogP contribution is 2.28. The lowest BCUT2D eigenvalue weighted by Crippen LogP contribution is -2.45. The lowest BCUT2D eigenvalue weighted by Gasteiger charge is -2.32. The summed E-state index contributed by atoms with van der Waals surface area (Å²) in [6, 6.07) is 8.13. The van der Waals surface area contributed by atoms with Crippen LogP contribution in [0, 0.1) is 0 Å². The van der Waals surface area contributed by atoms with Crippen molar-refractivity contribution in [1.29, 1.82) is 0 Å². The van der Waals surface area contributed by atoms with Crippen molar-refractivity contribution in [1.82, 2.24) is 19.9 Å². The van der Waals surface area contributed by atoms with Gasteiger partial charge in [0.15, 0.2) is 0 Å². The Balaban J connectivity index is 1.34. The molecule has 4 rings (SSSR count). The third kappa shape index (κ3) is 3.83. The summed E-state index contributed by atoms with van der Waals surface area (Å²) in [5.74, 6) is 1.09. The summed E-state index contributed by atoms with van der Waals surface area (Å²) in [5.41, 5.74) is 1.10. The molecule has 0 saturated carbocycles. The lowest BCUT2D eigenvalue weighted by molar-refractivity contribution is -0.130. The van der Waals surface area contributed by atoms with Crippen molar-refractivity contribution < 1.29 is 9.53 Å². The largest absolute Gasteiger partial charge is 0.471 e. The van der Waals surface area contributed by atoms with E-state index in [1.807, 2.05) is 29.3 Å². The van der Waals surface area contributed by atoms with E-state index in [0.717, 1.165) is 35.2 Å². The molecule has 1 aliphatic rings. The van der Waals surface area contributed by atoms with Gasteiger partial charge in [0, 0.05) is 40.9 Å². The summed E-state index contributed by atoms with van der Waals surface area (Å²) in [4.78, 5) is 27.0. The predicted molar refractivity (Wildman–Crippen MR) is 101 cm³/mol. The zero-order valence-electron chi connectivity index (χ0n) is 14.3. The molecule has 0 bridgehead atoms. The van der Waals surface area contributed by atoms with Crippen molar-refractivity contribution in [2.45, 2.75) is 23.8 Å². The third-order valence-corrected chi connectivity index (χ3v) is 5.50. The van der Waals surface area contributed by atoms with Gasteiger partial charge >= 0.3 is 0 Å². The minimum atomic E-state index is -0.0255. The Morgan fingerprint density at radius 2 is 2.27 bits per heavy atom. The van der Waals surface area contributed by atoms with Gasteiger partial charge < -0.3 is 14.6 Å². The molecule has 1 atom stereocenters. The first kappa shape index (κ1) is 16.9. The number of piperidine rings is 1. The van der Waals surface area contributed by atoms with Crippen LogP contribution in [0.3, 0.4) is 0 Å². The van der Waals surface area contributed by atoms with Gasteiger partial charge in [0.1, 0.15) is 6.10 Å². The molecule has 3 aromatic rings. The SMILES string of the molecule is O=C(CSc1c[nH]c2ccccc12)N1CCCC(Oc2cnccn2)C1. The summed E-state index contributed by atoms with van der Waals surface area (Å²) in [6.45, 7) is 1.39. The van der Waals surface area contributed by atoms with Crippen LogP contribution in [-0.2, 0) is 4.79 Å². The minimum Gasteiger partial charge on any atom is -0.471 e. The molecule has 1 N–H and O–H groups in total. The number of H-pyrrole nitrogens is 1. The number of fused-ring (bicyclic) bond motifs is 1. The van der Waals surface area contributed by atoms with E-state index in [1.165, 1.54) is 0 Å². The number of ether oxygens (including phenoxy) is 1. The number of hydrogen-bond acceptors (Lipinski definition) is 5. The van der Waals surface area contributed by atoms with Gasteiger partial charge in [-0.05, 0) is 18.9 Å². The molecule has 26 heavy (non-hydrogen) atoms. The first-order chi connectivity index (χ1) is 12.8. The molecule has 134 valence electrons. The fourth-order valence-corrected chi connectivity index (χ4v) is 4.11. The van der Waals surface area contributed by atoms with E-state index >= 15 is 0 Å². The Hall–Kier alpha value is -2.54. The van der Waals surface area contributed by atoms with Crippen molar-refractivity contribution in [3.8, 4) is 5.88 Å². The second-order valence-electron chi connectivity index (χ2n) is 6.25. The normalized spacial score (nSPS) is 17.4. The van der Waals surface area contributed by atoms with Crippen LogP contribution in [0.4, 0.5) is 0 Å². The van der Waals surface area contributed by atoms with Gasteiger partial charge in [-0.25, -0.2) is 4.98 Å². The van der Waals surface area contributed by atoms with E-state index < -0.39 is 0 Å². The van der Waals surface area contributed by atoms with Crippen molar-refractivity contribution in [3.63, 3.8) is 0 Å². The van der Waals surface area contributed by atoms with Gasteiger partial charge in [-0.1, -0.05) is 18.2 Å². The zero-order valence-corrected chi connectivity index (χ0v) is 15.1. The van der Waals surface area contributed by atoms with E-state index in [4.69, 9.17) is 4.74 Å². The summed E-state index contributed by atoms with van der Waals surface area (Å²) in [5, 5.41) is 1.16. The highest BCUT2D eigenvalue weighted by atomic mass is 32.2. The second-order valence-corrected chi connectivity index (χ2v) is 7.27. The van der Waals surface area contributed by atoms with Crippen molar-refractivity contribution >= 4 is 28.6 Å². The molecule has 6 nitrogen and oxygen atoms in total. The molecule has 0 spiro atoms. The first-order valence-electron chi connectivity index (χ1n) is 8.69. The number of carbonyl (C=O) groups excluding carboxylic acids is 1. The smallest absolute Gasteiger partial charge is 0.233 e. The molecule has 1 aliphatic heterocycles. The molecular formula is C19H20N4O2S. The summed E-state index contributed by atoms with van der Waals surface area (Å²) < 4.78 is 5.86. The minimum absolute atomic E-state index is 0.0255. The van der Waals surface area contributed by atoms with Crippen LogP contribution >= 0.6 is 11.8 Å². The number of likely N-dealkylation sites (tertiary alicyclic amines) is 1. The number of aromatic amines is 1. The van der Waals surface area contributed by atoms with E-state index in [0.29, 0.717) is 18.2 Å². The van der Waals surface area contributed by atoms with Crippen LogP contribution < -0.4 is 4.74 Å². The molecule has 0 aliphatic carbocycles. The number of hydrogen-bond donors (Lipinski definition) is 1. The summed E-state index contributed by atoms with van der Waals surface area (Å²) in [7, 11) is 0. The van der Waals surface area contributed by atoms with E-state index in [1.54, 1.807) is 30.4 Å². The van der Waals surface area contributed by atoms with Crippen LogP contribution in [-0.4, -0.2) is 50.7 Å². The average molecular weight is 368 g/mol. The topological polar surface area (TPSA) is 71.1 Å². The Morgan fingerprint density at radius 3 is 3.15 bits per heavy atom. The fourth-order valence-electron chi connectivity index (χ4n) is 3.17. The fraction of sp³-hybridized carbons (Fsp3) is 0.316. The molecule has 1 amide bonds. The van der Waals surface area contributed by atoms with Crippen molar-refractivity contribution in [2.75, 3.05) is 18.8 Å². The Labute approximate surface area is 156 Å². The first-order valence-corrected chi connectivity index (χ1v) is 9.67. The van der Waals surface area contributed by atoms with E-state index in [2.05, 4.69) is 21.0 Å². The average Bonchev–Trinajstić information content (AvgIpc) is 3.10. The Bertz CT molecular complexity index is 883. The molecule has 1 unspecified atom stereocenters. The maximum absolute atomic E-state index is 12.6.